The standard InChI is InChI=1S/C43H38N2O8S/c1-45(2)26-15-18-28-25(22-35(48)53-33(28)23-26)21-34(47)44-19-9-5-3-4-6-10-27(46)16-13-24-14-17-31-32(20-24)41(52)43-37(39(31)50)36-38(49)29-11-7-8-12-30(29)40(51)42(36)54-43/h7-8,11-12,14-15,17-18,20,22-23H,3-6,9-10,13,16,19,21H2,1-2H3,(H,44,47). The first-order chi connectivity index (χ1) is 26.0. The van der Waals surface area contributed by atoms with E-state index >= 15 is 0 Å². The van der Waals surface area contributed by atoms with Gasteiger partial charge in [0.2, 0.25) is 16.8 Å². The smallest absolute Gasteiger partial charge is 0.336 e. The topological polar surface area (TPSA) is 148 Å². The van der Waals surface area contributed by atoms with Gasteiger partial charge in [-0.1, -0.05) is 55.7 Å². The van der Waals surface area contributed by atoms with Crippen LogP contribution >= 0.6 is 11.3 Å². The number of Topliss-reactive ketones (excluding diaryl/α,β-unsaturated/α-hetero) is 1. The summed E-state index contributed by atoms with van der Waals surface area (Å²) in [5.41, 5.74) is 0.618. The van der Waals surface area contributed by atoms with E-state index in [1.807, 2.05) is 31.1 Å². The van der Waals surface area contributed by atoms with Gasteiger partial charge in [-0.05, 0) is 48.6 Å². The van der Waals surface area contributed by atoms with Crippen LogP contribution in [0.4, 0.5) is 5.69 Å². The molecule has 0 atom stereocenters. The van der Waals surface area contributed by atoms with E-state index in [2.05, 4.69) is 5.32 Å². The van der Waals surface area contributed by atoms with E-state index < -0.39 is 21.9 Å². The largest absolute Gasteiger partial charge is 0.423 e. The molecular formula is C43H38N2O8S. The van der Waals surface area contributed by atoms with Gasteiger partial charge in [-0.3, -0.25) is 28.8 Å². The highest BCUT2D eigenvalue weighted by Gasteiger charge is 2.22. The molecule has 0 unspecified atom stereocenters. The predicted octanol–water partition coefficient (Wildman–Crippen LogP) is 6.05. The molecule has 2 heterocycles. The maximum absolute atomic E-state index is 13.6. The normalized spacial score (nSPS) is 11.7. The third-order valence-electron chi connectivity index (χ3n) is 10.1. The van der Waals surface area contributed by atoms with Crippen molar-refractivity contribution in [1.29, 1.82) is 0 Å². The summed E-state index contributed by atoms with van der Waals surface area (Å²) in [4.78, 5) is 93.2. The van der Waals surface area contributed by atoms with E-state index in [1.54, 1.807) is 48.5 Å². The Morgan fingerprint density at radius 1 is 0.667 bits per heavy atom. The fourth-order valence-electron chi connectivity index (χ4n) is 7.20. The van der Waals surface area contributed by atoms with Crippen molar-refractivity contribution >= 4 is 81.4 Å². The van der Waals surface area contributed by atoms with Gasteiger partial charge in [-0.25, -0.2) is 4.79 Å². The zero-order chi connectivity index (χ0) is 38.1. The lowest BCUT2D eigenvalue weighted by molar-refractivity contribution is -0.120. The molecule has 0 bridgehead atoms. The molecule has 54 heavy (non-hydrogen) atoms. The van der Waals surface area contributed by atoms with E-state index in [0.717, 1.165) is 60.1 Å². The van der Waals surface area contributed by atoms with Gasteiger partial charge in [0.25, 0.3) is 0 Å². The van der Waals surface area contributed by atoms with Gasteiger partial charge in [0.1, 0.15) is 11.4 Å². The van der Waals surface area contributed by atoms with Crippen molar-refractivity contribution in [2.75, 3.05) is 25.5 Å². The Morgan fingerprint density at radius 3 is 2.02 bits per heavy atom. The van der Waals surface area contributed by atoms with Crippen LogP contribution in [0.2, 0.25) is 0 Å². The molecule has 11 heteroatoms. The first kappa shape index (κ1) is 36.5. The number of nitrogens with one attached hydrogen (secondary N) is 1. The monoisotopic (exact) mass is 742 g/mol. The maximum atomic E-state index is 13.6. The number of anilines is 1. The quantitative estimate of drug-likeness (QED) is 0.104. The van der Waals surface area contributed by atoms with E-state index in [4.69, 9.17) is 4.42 Å². The van der Waals surface area contributed by atoms with Crippen LogP contribution in [0, 0.1) is 0 Å². The van der Waals surface area contributed by atoms with Gasteiger partial charge < -0.3 is 14.6 Å². The molecule has 1 amide bonds. The number of ketones is 1. The predicted molar refractivity (Wildman–Crippen MR) is 216 cm³/mol. The molecule has 0 aliphatic carbocycles. The minimum absolute atomic E-state index is 0.0145. The van der Waals surface area contributed by atoms with E-state index in [9.17, 15) is 33.6 Å². The average molecular weight is 743 g/mol. The number of carbonyl (C=O) groups is 2. The third kappa shape index (κ3) is 7.11. The summed E-state index contributed by atoms with van der Waals surface area (Å²) in [5, 5.41) is 4.63. The Balaban J connectivity index is 0.878. The molecule has 2 aromatic heterocycles. The number of hydrogen-bond donors (Lipinski definition) is 1. The van der Waals surface area contributed by atoms with Crippen molar-refractivity contribution in [1.82, 2.24) is 5.32 Å². The number of rotatable bonds is 14. The average Bonchev–Trinajstić information content (AvgIpc) is 3.58. The van der Waals surface area contributed by atoms with E-state index in [0.29, 0.717) is 37.0 Å². The number of thiophene rings is 1. The molecule has 0 aliphatic heterocycles. The lowest BCUT2D eigenvalue weighted by atomic mass is 9.98. The number of nitrogens with zero attached hydrogens (tertiary/aromatic N) is 1. The Hall–Kier alpha value is -5.81. The summed E-state index contributed by atoms with van der Waals surface area (Å²) >= 11 is 0.906. The van der Waals surface area contributed by atoms with Gasteiger partial charge >= 0.3 is 5.63 Å². The number of unbranched alkanes of at least 4 members (excludes halogenated alkanes) is 4. The summed E-state index contributed by atoms with van der Waals surface area (Å²) in [6.45, 7) is 0.525. The highest BCUT2D eigenvalue weighted by molar-refractivity contribution is 7.25. The summed E-state index contributed by atoms with van der Waals surface area (Å²) in [7, 11) is 3.80. The molecule has 274 valence electrons. The van der Waals surface area contributed by atoms with Crippen molar-refractivity contribution in [2.45, 2.75) is 57.8 Å². The zero-order valence-corrected chi connectivity index (χ0v) is 30.9. The molecule has 5 aromatic carbocycles. The van der Waals surface area contributed by atoms with Gasteiger partial charge in [0, 0.05) is 78.2 Å². The van der Waals surface area contributed by atoms with Crippen molar-refractivity contribution in [3.8, 4) is 0 Å². The lowest BCUT2D eigenvalue weighted by Gasteiger charge is -2.13. The van der Waals surface area contributed by atoms with E-state index in [-0.39, 0.29) is 65.3 Å². The second kappa shape index (κ2) is 15.3. The second-order valence-electron chi connectivity index (χ2n) is 14.0. The van der Waals surface area contributed by atoms with E-state index in [1.165, 1.54) is 6.07 Å². The molecule has 7 rings (SSSR count). The fraction of sp³-hybridized carbons (Fsp3) is 0.279. The first-order valence-corrected chi connectivity index (χ1v) is 18.9. The minimum Gasteiger partial charge on any atom is -0.423 e. The fourth-order valence-corrected chi connectivity index (χ4v) is 8.41. The number of benzene rings is 5. The van der Waals surface area contributed by atoms with Crippen LogP contribution in [-0.2, 0) is 22.4 Å². The molecular weight excluding hydrogens is 705 g/mol. The number of fused-ring (bicyclic) bond motifs is 6. The van der Waals surface area contributed by atoms with Gasteiger partial charge in [-0.15, -0.1) is 11.3 Å². The molecule has 0 saturated heterocycles. The molecule has 10 nitrogen and oxygen atoms in total. The van der Waals surface area contributed by atoms with Crippen LogP contribution in [0.5, 0.6) is 0 Å². The van der Waals surface area contributed by atoms with Crippen LogP contribution in [0.1, 0.15) is 56.1 Å². The first-order valence-electron chi connectivity index (χ1n) is 18.1. The highest BCUT2D eigenvalue weighted by Crippen LogP contribution is 2.29. The summed E-state index contributed by atoms with van der Waals surface area (Å²) < 4.78 is 5.59. The Bertz CT molecular complexity index is 2900. The molecule has 7 aromatic rings. The summed E-state index contributed by atoms with van der Waals surface area (Å²) in [6.07, 6.45) is 5.56. The third-order valence-corrected chi connectivity index (χ3v) is 11.3. The van der Waals surface area contributed by atoms with Crippen LogP contribution in [0.25, 0.3) is 52.7 Å². The van der Waals surface area contributed by atoms with Crippen LogP contribution in [0.3, 0.4) is 0 Å². The highest BCUT2D eigenvalue weighted by atomic mass is 32.1. The molecule has 0 spiro atoms. The maximum Gasteiger partial charge on any atom is 0.336 e. The summed E-state index contributed by atoms with van der Waals surface area (Å²) in [5.74, 6) is -0.0408. The molecule has 0 saturated carbocycles. The number of hydrogen-bond acceptors (Lipinski definition) is 10. The van der Waals surface area contributed by atoms with Crippen LogP contribution < -0.4 is 37.6 Å². The van der Waals surface area contributed by atoms with Gasteiger partial charge in [0.15, 0.2) is 10.9 Å². The Morgan fingerprint density at radius 2 is 1.30 bits per heavy atom. The molecule has 0 aliphatic rings. The van der Waals surface area contributed by atoms with Crippen molar-refractivity contribution in [3.05, 3.63) is 129 Å². The van der Waals surface area contributed by atoms with Gasteiger partial charge in [-0.2, -0.15) is 0 Å². The minimum atomic E-state index is -0.490. The summed E-state index contributed by atoms with van der Waals surface area (Å²) in [6, 6.07) is 18.4. The lowest BCUT2D eigenvalue weighted by Crippen LogP contribution is -2.26. The number of carbonyl (C=O) groups excluding carboxylic acids is 2. The second-order valence-corrected chi connectivity index (χ2v) is 15.0. The van der Waals surface area contributed by atoms with Crippen molar-refractivity contribution in [3.63, 3.8) is 0 Å². The zero-order valence-electron chi connectivity index (χ0n) is 30.0. The van der Waals surface area contributed by atoms with Gasteiger partial charge in [0.05, 0.1) is 26.6 Å². The van der Waals surface area contributed by atoms with Crippen molar-refractivity contribution < 1.29 is 14.0 Å². The number of aryl methyl sites for hydroxylation is 1. The van der Waals surface area contributed by atoms with Crippen LogP contribution in [-0.4, -0.2) is 32.3 Å². The molecule has 0 radical (unpaired) electrons. The van der Waals surface area contributed by atoms with Crippen LogP contribution in [0.15, 0.2) is 95.1 Å². The SMILES string of the molecule is CN(C)c1ccc2c(CC(=O)NCCCCCCCC(=O)CCc3ccc4c(=O)c5c(sc6c(=O)c7ccccc7c(=O)c65)c(=O)c4c3)cc(=O)oc2c1. The number of amides is 1. The molecule has 0 fully saturated rings. The Labute approximate surface area is 312 Å². The molecule has 1 N–H and O–H groups in total. The Kier molecular flexibility index (Phi) is 10.3. The van der Waals surface area contributed by atoms with Crippen molar-refractivity contribution in [2.24, 2.45) is 0 Å².